The number of amides is 1. The first kappa shape index (κ1) is 24.2. The maximum absolute atomic E-state index is 13.1. The second-order valence-electron chi connectivity index (χ2n) is 8.01. The average Bonchev–Trinajstić information content (AvgIpc) is 3.23. The van der Waals surface area contributed by atoms with Gasteiger partial charge in [0.15, 0.2) is 0 Å². The minimum atomic E-state index is -4.51. The zero-order valence-electron chi connectivity index (χ0n) is 17.9. The molecule has 0 spiro atoms. The highest BCUT2D eigenvalue weighted by Crippen LogP contribution is 2.36. The van der Waals surface area contributed by atoms with Crippen LogP contribution in [0.25, 0.3) is 0 Å². The van der Waals surface area contributed by atoms with Crippen molar-refractivity contribution >= 4 is 35.1 Å². The predicted octanol–water partition coefficient (Wildman–Crippen LogP) is 4.87. The lowest BCUT2D eigenvalue weighted by molar-refractivity contribution is -0.138. The van der Waals surface area contributed by atoms with E-state index < -0.39 is 11.7 Å². The number of rotatable bonds is 5. The first-order valence-corrected chi connectivity index (χ1v) is 11.0. The summed E-state index contributed by atoms with van der Waals surface area (Å²) in [7, 11) is 0. The fourth-order valence-electron chi connectivity index (χ4n) is 3.93. The summed E-state index contributed by atoms with van der Waals surface area (Å²) in [5.41, 5.74) is 1.03. The number of alkyl halides is 3. The van der Waals surface area contributed by atoms with E-state index in [2.05, 4.69) is 25.5 Å². The number of anilines is 1. The van der Waals surface area contributed by atoms with E-state index in [0.29, 0.717) is 40.9 Å². The van der Waals surface area contributed by atoms with Crippen LogP contribution in [0, 0.1) is 12.8 Å². The fraction of sp³-hybridized carbons (Fsp3) is 0.318. The van der Waals surface area contributed by atoms with Crippen LogP contribution in [-0.2, 0) is 6.18 Å². The quantitative estimate of drug-likeness (QED) is 0.527. The SMILES string of the molecule is Cc1cc(C(=O)N2C[C@H](CNc3ncc(C(F)(F)F)cn3)[C@@H](c3ccc(Cl)c(Cl)c3)C2)cnn1. The van der Waals surface area contributed by atoms with Crippen molar-refractivity contribution in [2.24, 2.45) is 5.92 Å². The molecule has 3 heterocycles. The molecule has 1 aliphatic heterocycles. The molecule has 0 aliphatic carbocycles. The molecule has 0 unspecified atom stereocenters. The lowest BCUT2D eigenvalue weighted by Gasteiger charge is -2.19. The van der Waals surface area contributed by atoms with Crippen molar-refractivity contribution in [1.82, 2.24) is 25.1 Å². The Morgan fingerprint density at radius 1 is 1.12 bits per heavy atom. The van der Waals surface area contributed by atoms with Gasteiger partial charge >= 0.3 is 6.18 Å². The van der Waals surface area contributed by atoms with Gasteiger partial charge in [-0.25, -0.2) is 9.97 Å². The maximum Gasteiger partial charge on any atom is 0.419 e. The van der Waals surface area contributed by atoms with Gasteiger partial charge in [0, 0.05) is 43.9 Å². The molecule has 12 heteroatoms. The molecule has 0 bridgehead atoms. The van der Waals surface area contributed by atoms with Crippen molar-refractivity contribution in [2.45, 2.75) is 19.0 Å². The van der Waals surface area contributed by atoms with Crippen molar-refractivity contribution in [2.75, 3.05) is 25.0 Å². The van der Waals surface area contributed by atoms with Gasteiger partial charge in [-0.05, 0) is 30.7 Å². The lowest BCUT2D eigenvalue weighted by Crippen LogP contribution is -2.30. The summed E-state index contributed by atoms with van der Waals surface area (Å²) in [6.07, 6.45) is -1.63. The number of carbonyl (C=O) groups excluding carboxylic acids is 1. The molecular formula is C22H19Cl2F3N6O. The average molecular weight is 511 g/mol. The van der Waals surface area contributed by atoms with Crippen LogP contribution >= 0.6 is 23.2 Å². The molecule has 0 saturated carbocycles. The molecule has 2 atom stereocenters. The number of nitrogens with zero attached hydrogens (tertiary/aromatic N) is 5. The van der Waals surface area contributed by atoms with Gasteiger partial charge in [0.1, 0.15) is 0 Å². The van der Waals surface area contributed by atoms with Crippen molar-refractivity contribution in [3.05, 3.63) is 75.3 Å². The van der Waals surface area contributed by atoms with E-state index in [9.17, 15) is 18.0 Å². The summed E-state index contributed by atoms with van der Waals surface area (Å²) < 4.78 is 38.3. The first-order valence-electron chi connectivity index (χ1n) is 10.3. The number of carbonyl (C=O) groups is 1. The number of hydrogen-bond donors (Lipinski definition) is 1. The van der Waals surface area contributed by atoms with Crippen molar-refractivity contribution in [1.29, 1.82) is 0 Å². The normalized spacial score (nSPS) is 18.2. The van der Waals surface area contributed by atoms with E-state index in [4.69, 9.17) is 23.2 Å². The van der Waals surface area contributed by atoms with Crippen LogP contribution in [-0.4, -0.2) is 50.6 Å². The smallest absolute Gasteiger partial charge is 0.354 e. The molecule has 3 aromatic rings. The summed E-state index contributed by atoms with van der Waals surface area (Å²) >= 11 is 12.3. The van der Waals surface area contributed by atoms with Crippen LogP contribution in [0.15, 0.2) is 42.9 Å². The Morgan fingerprint density at radius 2 is 1.85 bits per heavy atom. The monoisotopic (exact) mass is 510 g/mol. The van der Waals surface area contributed by atoms with E-state index in [1.807, 2.05) is 6.07 Å². The number of hydrogen-bond acceptors (Lipinski definition) is 6. The number of aromatic nitrogens is 4. The van der Waals surface area contributed by atoms with Gasteiger partial charge in [-0.1, -0.05) is 29.3 Å². The van der Waals surface area contributed by atoms with Crippen molar-refractivity contribution < 1.29 is 18.0 Å². The highest BCUT2D eigenvalue weighted by Gasteiger charge is 2.37. The van der Waals surface area contributed by atoms with E-state index in [1.54, 1.807) is 30.0 Å². The van der Waals surface area contributed by atoms with Gasteiger partial charge in [-0.2, -0.15) is 23.4 Å². The van der Waals surface area contributed by atoms with Crippen LogP contribution in [0.5, 0.6) is 0 Å². The topological polar surface area (TPSA) is 83.9 Å². The number of likely N-dealkylation sites (tertiary alicyclic amines) is 1. The Labute approximate surface area is 203 Å². The first-order chi connectivity index (χ1) is 16.1. The molecule has 1 N–H and O–H groups in total. The molecule has 1 amide bonds. The third kappa shape index (κ3) is 5.39. The number of nitrogens with one attached hydrogen (secondary N) is 1. The third-order valence-electron chi connectivity index (χ3n) is 5.63. The highest BCUT2D eigenvalue weighted by molar-refractivity contribution is 6.42. The Morgan fingerprint density at radius 3 is 2.50 bits per heavy atom. The Bertz CT molecular complexity index is 1190. The van der Waals surface area contributed by atoms with Crippen LogP contribution in [0.2, 0.25) is 10.0 Å². The van der Waals surface area contributed by atoms with Crippen LogP contribution < -0.4 is 5.32 Å². The third-order valence-corrected chi connectivity index (χ3v) is 6.36. The second kappa shape index (κ2) is 9.71. The summed E-state index contributed by atoms with van der Waals surface area (Å²) in [5.74, 6) is -0.310. The molecule has 1 aromatic carbocycles. The molecule has 34 heavy (non-hydrogen) atoms. The number of halogens is 5. The fourth-order valence-corrected chi connectivity index (χ4v) is 4.23. The zero-order valence-corrected chi connectivity index (χ0v) is 19.4. The molecule has 1 fully saturated rings. The van der Waals surface area contributed by atoms with Gasteiger partial charge in [-0.15, -0.1) is 0 Å². The van der Waals surface area contributed by atoms with Gasteiger partial charge < -0.3 is 10.2 Å². The van der Waals surface area contributed by atoms with Crippen LogP contribution in [0.3, 0.4) is 0 Å². The zero-order chi connectivity index (χ0) is 24.5. The summed E-state index contributed by atoms with van der Waals surface area (Å²) in [6, 6.07) is 6.99. The molecule has 1 saturated heterocycles. The number of aryl methyl sites for hydroxylation is 1. The maximum atomic E-state index is 13.1. The molecule has 1 aliphatic rings. The molecule has 7 nitrogen and oxygen atoms in total. The van der Waals surface area contributed by atoms with Gasteiger partial charge in [0.25, 0.3) is 5.91 Å². The van der Waals surface area contributed by atoms with Gasteiger partial charge in [-0.3, -0.25) is 4.79 Å². The molecule has 178 valence electrons. The second-order valence-corrected chi connectivity index (χ2v) is 8.82. The van der Waals surface area contributed by atoms with Crippen LogP contribution in [0.4, 0.5) is 19.1 Å². The molecular weight excluding hydrogens is 492 g/mol. The Hall–Kier alpha value is -2.98. The minimum absolute atomic E-state index is 0.0691. The number of benzene rings is 1. The minimum Gasteiger partial charge on any atom is -0.354 e. The van der Waals surface area contributed by atoms with E-state index in [1.165, 1.54) is 6.20 Å². The van der Waals surface area contributed by atoms with E-state index in [-0.39, 0.29) is 23.7 Å². The van der Waals surface area contributed by atoms with Gasteiger partial charge in [0.05, 0.1) is 33.1 Å². The predicted molar refractivity (Wildman–Crippen MR) is 121 cm³/mol. The lowest BCUT2D eigenvalue weighted by atomic mass is 9.89. The standard InChI is InChI=1S/C22H19Cl2F3N6O/c1-12-4-14(7-31-32-12)20(34)33-10-15(17(11-33)13-2-3-18(23)19(24)5-13)6-28-21-29-8-16(9-30-21)22(25,26)27/h2-5,7-9,15,17H,6,10-11H2,1H3,(H,28,29,30)/t15-,17+/m0/s1. The van der Waals surface area contributed by atoms with Crippen molar-refractivity contribution in [3.8, 4) is 0 Å². The summed E-state index contributed by atoms with van der Waals surface area (Å²) in [5, 5.41) is 11.6. The van der Waals surface area contributed by atoms with E-state index in [0.717, 1.165) is 18.0 Å². The Kier molecular flexibility index (Phi) is 6.90. The Balaban J connectivity index is 1.54. The molecule has 2 aromatic heterocycles. The highest BCUT2D eigenvalue weighted by atomic mass is 35.5. The summed E-state index contributed by atoms with van der Waals surface area (Å²) in [4.78, 5) is 22.3. The van der Waals surface area contributed by atoms with E-state index >= 15 is 0 Å². The van der Waals surface area contributed by atoms with Crippen LogP contribution in [0.1, 0.15) is 33.1 Å². The molecule has 0 radical (unpaired) electrons. The van der Waals surface area contributed by atoms with Crippen molar-refractivity contribution in [3.63, 3.8) is 0 Å². The largest absolute Gasteiger partial charge is 0.419 e. The van der Waals surface area contributed by atoms with Gasteiger partial charge in [0.2, 0.25) is 5.95 Å². The molecule has 4 rings (SSSR count). The summed E-state index contributed by atoms with van der Waals surface area (Å²) in [6.45, 7) is 2.90.